The van der Waals surface area contributed by atoms with Crippen LogP contribution in [0.5, 0.6) is 0 Å². The molecule has 0 atom stereocenters. The highest BCUT2D eigenvalue weighted by atomic mass is 16.5. The number of fused-ring (bicyclic) bond motifs is 1. The zero-order valence-corrected chi connectivity index (χ0v) is 10.5. The molecule has 0 aliphatic carbocycles. The third-order valence-corrected chi connectivity index (χ3v) is 2.91. The number of benzene rings is 1. The standard InChI is InChI=1S/C14H18N2O2/c1-2-3-4-7-18-14(17)12-9-16-13-8-10(15)5-6-11(12)13/h5-6,8-9,16H,2-4,7,15H2,1H3. The first-order chi connectivity index (χ1) is 8.72. The zero-order chi connectivity index (χ0) is 13.0. The van der Waals surface area contributed by atoms with E-state index in [9.17, 15) is 4.79 Å². The number of hydrogen-bond acceptors (Lipinski definition) is 3. The van der Waals surface area contributed by atoms with Crippen molar-refractivity contribution in [1.82, 2.24) is 4.98 Å². The number of ether oxygens (including phenoxy) is 1. The van der Waals surface area contributed by atoms with Crippen LogP contribution in [-0.2, 0) is 4.74 Å². The second kappa shape index (κ2) is 5.58. The Morgan fingerprint density at radius 1 is 1.39 bits per heavy atom. The summed E-state index contributed by atoms with van der Waals surface area (Å²) in [5.74, 6) is -0.276. The molecule has 4 heteroatoms. The fourth-order valence-electron chi connectivity index (χ4n) is 1.91. The van der Waals surface area contributed by atoms with Crippen LogP contribution in [0.2, 0.25) is 0 Å². The molecule has 1 heterocycles. The Balaban J connectivity index is 2.08. The Morgan fingerprint density at radius 2 is 2.22 bits per heavy atom. The van der Waals surface area contributed by atoms with Crippen molar-refractivity contribution in [1.29, 1.82) is 0 Å². The van der Waals surface area contributed by atoms with Crippen LogP contribution in [0, 0.1) is 0 Å². The van der Waals surface area contributed by atoms with Crippen LogP contribution >= 0.6 is 0 Å². The maximum absolute atomic E-state index is 11.9. The number of esters is 1. The van der Waals surface area contributed by atoms with Gasteiger partial charge in [0, 0.05) is 22.8 Å². The van der Waals surface area contributed by atoms with E-state index in [1.54, 1.807) is 12.3 Å². The number of anilines is 1. The van der Waals surface area contributed by atoms with Gasteiger partial charge in [0.25, 0.3) is 0 Å². The SMILES string of the molecule is CCCCCOC(=O)c1c[nH]c2cc(N)ccc12. The molecule has 18 heavy (non-hydrogen) atoms. The first kappa shape index (κ1) is 12.5. The van der Waals surface area contributed by atoms with Crippen LogP contribution in [0.1, 0.15) is 36.5 Å². The summed E-state index contributed by atoms with van der Waals surface area (Å²) in [6, 6.07) is 5.43. The minimum Gasteiger partial charge on any atom is -0.462 e. The third-order valence-electron chi connectivity index (χ3n) is 2.91. The highest BCUT2D eigenvalue weighted by molar-refractivity contribution is 6.04. The van der Waals surface area contributed by atoms with Gasteiger partial charge in [-0.15, -0.1) is 0 Å². The summed E-state index contributed by atoms with van der Waals surface area (Å²) in [5.41, 5.74) is 7.79. The molecule has 2 rings (SSSR count). The largest absolute Gasteiger partial charge is 0.462 e. The van der Waals surface area contributed by atoms with Crippen LogP contribution in [0.3, 0.4) is 0 Å². The van der Waals surface area contributed by atoms with E-state index in [4.69, 9.17) is 10.5 Å². The number of aromatic nitrogens is 1. The molecule has 0 amide bonds. The summed E-state index contributed by atoms with van der Waals surface area (Å²) >= 11 is 0. The molecule has 4 nitrogen and oxygen atoms in total. The molecular weight excluding hydrogens is 228 g/mol. The van der Waals surface area contributed by atoms with E-state index in [0.717, 1.165) is 30.2 Å². The summed E-state index contributed by atoms with van der Waals surface area (Å²) in [7, 11) is 0. The predicted molar refractivity (Wildman–Crippen MR) is 72.5 cm³/mol. The normalized spacial score (nSPS) is 10.7. The highest BCUT2D eigenvalue weighted by Gasteiger charge is 2.13. The number of carbonyl (C=O) groups is 1. The minimum atomic E-state index is -0.276. The third kappa shape index (κ3) is 2.64. The van der Waals surface area contributed by atoms with Crippen molar-refractivity contribution in [3.05, 3.63) is 30.0 Å². The van der Waals surface area contributed by atoms with Gasteiger partial charge in [-0.05, 0) is 24.6 Å². The average molecular weight is 246 g/mol. The lowest BCUT2D eigenvalue weighted by atomic mass is 10.1. The summed E-state index contributed by atoms with van der Waals surface area (Å²) in [4.78, 5) is 14.9. The van der Waals surface area contributed by atoms with Gasteiger partial charge in [0.2, 0.25) is 0 Å². The summed E-state index contributed by atoms with van der Waals surface area (Å²) in [6.45, 7) is 2.60. The lowest BCUT2D eigenvalue weighted by molar-refractivity contribution is 0.0500. The van der Waals surface area contributed by atoms with Gasteiger partial charge in [-0.2, -0.15) is 0 Å². The number of nitrogens with one attached hydrogen (secondary N) is 1. The van der Waals surface area contributed by atoms with E-state index in [0.29, 0.717) is 17.9 Å². The fraction of sp³-hybridized carbons (Fsp3) is 0.357. The molecule has 1 aromatic carbocycles. The number of hydrogen-bond donors (Lipinski definition) is 2. The molecule has 0 radical (unpaired) electrons. The Bertz CT molecular complexity index is 546. The smallest absolute Gasteiger partial charge is 0.340 e. The monoisotopic (exact) mass is 246 g/mol. The highest BCUT2D eigenvalue weighted by Crippen LogP contribution is 2.21. The molecule has 2 aromatic rings. The molecule has 3 N–H and O–H groups in total. The van der Waals surface area contributed by atoms with Gasteiger partial charge in [-0.25, -0.2) is 4.79 Å². The van der Waals surface area contributed by atoms with E-state index in [1.165, 1.54) is 0 Å². The number of carbonyl (C=O) groups excluding carboxylic acids is 1. The lowest BCUT2D eigenvalue weighted by Gasteiger charge is -2.03. The van der Waals surface area contributed by atoms with Gasteiger partial charge >= 0.3 is 5.97 Å². The van der Waals surface area contributed by atoms with Crippen LogP contribution in [0.4, 0.5) is 5.69 Å². The van der Waals surface area contributed by atoms with Gasteiger partial charge < -0.3 is 15.5 Å². The van der Waals surface area contributed by atoms with Crippen molar-refractivity contribution in [3.8, 4) is 0 Å². The molecule has 0 spiro atoms. The number of unbranched alkanes of at least 4 members (excludes halogenated alkanes) is 2. The second-order valence-corrected chi connectivity index (χ2v) is 4.35. The van der Waals surface area contributed by atoms with E-state index in [-0.39, 0.29) is 5.97 Å². The number of nitrogen functional groups attached to an aromatic ring is 1. The molecule has 0 saturated carbocycles. The van der Waals surface area contributed by atoms with Crippen LogP contribution < -0.4 is 5.73 Å². The van der Waals surface area contributed by atoms with Gasteiger partial charge in [-0.1, -0.05) is 19.8 Å². The molecule has 0 aliphatic heterocycles. The first-order valence-corrected chi connectivity index (χ1v) is 6.26. The lowest BCUT2D eigenvalue weighted by Crippen LogP contribution is -2.05. The number of rotatable bonds is 5. The Labute approximate surface area is 106 Å². The topological polar surface area (TPSA) is 68.1 Å². The van der Waals surface area contributed by atoms with Gasteiger partial charge in [0.15, 0.2) is 0 Å². The van der Waals surface area contributed by atoms with Crippen molar-refractivity contribution >= 4 is 22.6 Å². The van der Waals surface area contributed by atoms with Crippen LogP contribution in [0.25, 0.3) is 10.9 Å². The Kier molecular flexibility index (Phi) is 3.87. The molecule has 0 saturated heterocycles. The number of nitrogens with two attached hydrogens (primary N) is 1. The maximum atomic E-state index is 11.9. The summed E-state index contributed by atoms with van der Waals surface area (Å²) in [5, 5.41) is 0.852. The van der Waals surface area contributed by atoms with Gasteiger partial charge in [0.1, 0.15) is 0 Å². The minimum absolute atomic E-state index is 0.276. The summed E-state index contributed by atoms with van der Waals surface area (Å²) < 4.78 is 5.24. The molecule has 0 aliphatic rings. The van der Waals surface area contributed by atoms with Crippen LogP contribution in [-0.4, -0.2) is 17.6 Å². The van der Waals surface area contributed by atoms with Crippen molar-refractivity contribution in [2.45, 2.75) is 26.2 Å². The van der Waals surface area contributed by atoms with Gasteiger partial charge in [0.05, 0.1) is 12.2 Å². The number of H-pyrrole nitrogens is 1. The molecule has 1 aromatic heterocycles. The maximum Gasteiger partial charge on any atom is 0.340 e. The molecular formula is C14H18N2O2. The van der Waals surface area contributed by atoms with E-state index < -0.39 is 0 Å². The quantitative estimate of drug-likeness (QED) is 0.484. The van der Waals surface area contributed by atoms with Crippen molar-refractivity contribution < 1.29 is 9.53 Å². The van der Waals surface area contributed by atoms with Gasteiger partial charge in [-0.3, -0.25) is 0 Å². The molecule has 0 fully saturated rings. The zero-order valence-electron chi connectivity index (χ0n) is 10.5. The predicted octanol–water partition coefficient (Wildman–Crippen LogP) is 3.10. The van der Waals surface area contributed by atoms with Crippen molar-refractivity contribution in [2.24, 2.45) is 0 Å². The summed E-state index contributed by atoms with van der Waals surface area (Å²) in [6.07, 6.45) is 4.78. The van der Waals surface area contributed by atoms with E-state index in [2.05, 4.69) is 11.9 Å². The van der Waals surface area contributed by atoms with Crippen LogP contribution in [0.15, 0.2) is 24.4 Å². The Hall–Kier alpha value is -1.97. The van der Waals surface area contributed by atoms with E-state index in [1.807, 2.05) is 12.1 Å². The van der Waals surface area contributed by atoms with Crippen molar-refractivity contribution in [2.75, 3.05) is 12.3 Å². The Morgan fingerprint density at radius 3 is 3.00 bits per heavy atom. The van der Waals surface area contributed by atoms with E-state index >= 15 is 0 Å². The second-order valence-electron chi connectivity index (χ2n) is 4.35. The molecule has 0 bridgehead atoms. The molecule has 96 valence electrons. The first-order valence-electron chi connectivity index (χ1n) is 6.26. The molecule has 0 unspecified atom stereocenters. The average Bonchev–Trinajstić information content (AvgIpc) is 2.77. The van der Waals surface area contributed by atoms with Crippen molar-refractivity contribution in [3.63, 3.8) is 0 Å². The number of aromatic amines is 1. The fourth-order valence-corrected chi connectivity index (χ4v) is 1.91.